The van der Waals surface area contributed by atoms with Gasteiger partial charge in [-0.25, -0.2) is 26.9 Å². The Morgan fingerprint density at radius 2 is 1.69 bits per heavy atom. The van der Waals surface area contributed by atoms with Crippen LogP contribution in [0.1, 0.15) is 41.0 Å². The number of fused-ring (bicyclic) bond motifs is 1. The largest absolute Gasteiger partial charge is 0.268 e. The van der Waals surface area contributed by atoms with Gasteiger partial charge in [-0.2, -0.15) is 0 Å². The molecule has 1 heterocycles. The molecule has 9 heteroatoms. The van der Waals surface area contributed by atoms with E-state index >= 15 is 0 Å². The Morgan fingerprint density at radius 3 is 2.37 bits per heavy atom. The molecule has 6 nitrogen and oxygen atoms in total. The van der Waals surface area contributed by atoms with Gasteiger partial charge in [-0.1, -0.05) is 35.9 Å². The second kappa shape index (κ2) is 9.67. The maximum Gasteiger partial charge on any atom is 0.266 e. The Balaban J connectivity index is 1.85. The van der Waals surface area contributed by atoms with Gasteiger partial charge >= 0.3 is 0 Å². The normalized spacial score (nSPS) is 12.7. The number of rotatable bonds is 7. The van der Waals surface area contributed by atoms with E-state index in [2.05, 4.69) is 9.71 Å². The summed E-state index contributed by atoms with van der Waals surface area (Å²) in [5.74, 6) is 0.204. The topological polar surface area (TPSA) is 81.1 Å². The molecular weight excluding hydrogens is 472 g/mol. The molecule has 0 radical (unpaired) electrons. The number of nitrogens with one attached hydrogen (secondary N) is 1. The molecule has 1 N–H and O–H groups in total. The van der Waals surface area contributed by atoms with Gasteiger partial charge in [0.25, 0.3) is 5.56 Å². The molecule has 0 aliphatic rings. The lowest BCUT2D eigenvalue weighted by Crippen LogP contribution is -2.33. The monoisotopic (exact) mass is 497 g/mol. The van der Waals surface area contributed by atoms with Crippen LogP contribution in [0.3, 0.4) is 0 Å². The molecule has 0 aliphatic carbocycles. The van der Waals surface area contributed by atoms with Gasteiger partial charge < -0.3 is 0 Å². The molecule has 35 heavy (non-hydrogen) atoms. The molecule has 3 aromatic carbocycles. The van der Waals surface area contributed by atoms with Gasteiger partial charge in [-0.3, -0.25) is 9.36 Å². The summed E-state index contributed by atoms with van der Waals surface area (Å²) in [6, 6.07) is 15.1. The molecule has 182 valence electrons. The molecule has 1 unspecified atom stereocenters. The first-order chi connectivity index (χ1) is 16.7. The van der Waals surface area contributed by atoms with Gasteiger partial charge in [-0.05, 0) is 67.8 Å². The molecule has 1 atom stereocenters. The van der Waals surface area contributed by atoms with Crippen LogP contribution in [0, 0.1) is 13.8 Å². The number of para-hydroxylation sites is 1. The second-order valence-electron chi connectivity index (χ2n) is 8.46. The number of alkyl halides is 2. The van der Waals surface area contributed by atoms with Crippen molar-refractivity contribution in [1.82, 2.24) is 14.3 Å². The van der Waals surface area contributed by atoms with Gasteiger partial charge in [-0.15, -0.1) is 0 Å². The molecule has 4 rings (SSSR count). The number of benzene rings is 3. The number of aromatic nitrogens is 2. The van der Waals surface area contributed by atoms with Crippen molar-refractivity contribution in [3.8, 4) is 5.69 Å². The van der Waals surface area contributed by atoms with E-state index < -0.39 is 29.4 Å². The fourth-order valence-corrected chi connectivity index (χ4v) is 5.36. The highest BCUT2D eigenvalue weighted by atomic mass is 32.2. The summed E-state index contributed by atoms with van der Waals surface area (Å²) in [7, 11) is -4.14. The van der Waals surface area contributed by atoms with Gasteiger partial charge in [0, 0.05) is 0 Å². The van der Waals surface area contributed by atoms with Crippen molar-refractivity contribution in [3.05, 3.63) is 99.1 Å². The highest BCUT2D eigenvalue weighted by Gasteiger charge is 2.25. The number of aryl methyl sites for hydroxylation is 2. The minimum atomic E-state index is -4.14. The zero-order valence-electron chi connectivity index (χ0n) is 19.5. The van der Waals surface area contributed by atoms with E-state index in [0.717, 1.165) is 17.2 Å². The summed E-state index contributed by atoms with van der Waals surface area (Å²) in [5.41, 5.74) is 2.62. The zero-order chi connectivity index (χ0) is 25.3. The average molecular weight is 498 g/mol. The Labute approximate surface area is 202 Å². The molecule has 0 saturated carbocycles. The number of sulfonamides is 1. The molecule has 0 bridgehead atoms. The van der Waals surface area contributed by atoms with Gasteiger partial charge in [0.2, 0.25) is 10.0 Å². The van der Waals surface area contributed by atoms with Crippen molar-refractivity contribution < 1.29 is 17.2 Å². The van der Waals surface area contributed by atoms with Crippen LogP contribution in [0.4, 0.5) is 8.78 Å². The fourth-order valence-electron chi connectivity index (χ4n) is 4.11. The fraction of sp³-hybridized carbons (Fsp3) is 0.231. The van der Waals surface area contributed by atoms with E-state index in [4.69, 9.17) is 0 Å². The average Bonchev–Trinajstić information content (AvgIpc) is 2.83. The zero-order valence-corrected chi connectivity index (χ0v) is 20.4. The minimum absolute atomic E-state index is 0.0287. The molecule has 0 fully saturated rings. The van der Waals surface area contributed by atoms with E-state index in [0.29, 0.717) is 16.6 Å². The Hall–Kier alpha value is -3.43. The molecular formula is C26H25F2N3O3S. The van der Waals surface area contributed by atoms with Crippen LogP contribution in [0.2, 0.25) is 0 Å². The van der Waals surface area contributed by atoms with Gasteiger partial charge in [0.05, 0.1) is 27.5 Å². The lowest BCUT2D eigenvalue weighted by molar-refractivity contribution is 0.453. The highest BCUT2D eigenvalue weighted by Crippen LogP contribution is 2.24. The van der Waals surface area contributed by atoms with Crippen molar-refractivity contribution in [3.63, 3.8) is 0 Å². The Morgan fingerprint density at radius 1 is 0.971 bits per heavy atom. The second-order valence-corrected chi connectivity index (χ2v) is 10.2. The smallest absolute Gasteiger partial charge is 0.266 e. The van der Waals surface area contributed by atoms with Crippen molar-refractivity contribution in [2.24, 2.45) is 0 Å². The third-order valence-corrected chi connectivity index (χ3v) is 7.43. The van der Waals surface area contributed by atoms with Crippen LogP contribution in [-0.4, -0.2) is 18.0 Å². The van der Waals surface area contributed by atoms with Crippen LogP contribution in [0.25, 0.3) is 16.6 Å². The van der Waals surface area contributed by atoms with E-state index in [-0.39, 0.29) is 27.4 Å². The Bertz CT molecular complexity index is 1580. The molecule has 4 aromatic rings. The van der Waals surface area contributed by atoms with Crippen LogP contribution < -0.4 is 10.3 Å². The summed E-state index contributed by atoms with van der Waals surface area (Å²) in [5, 5.41) is 0.403. The lowest BCUT2D eigenvalue weighted by atomic mass is 10.1. The van der Waals surface area contributed by atoms with Crippen LogP contribution >= 0.6 is 0 Å². The van der Waals surface area contributed by atoms with E-state index in [1.807, 2.05) is 26.0 Å². The third-order valence-electron chi connectivity index (χ3n) is 5.89. The van der Waals surface area contributed by atoms with E-state index in [9.17, 15) is 22.0 Å². The Kier molecular flexibility index (Phi) is 6.82. The first-order valence-corrected chi connectivity index (χ1v) is 12.5. The summed E-state index contributed by atoms with van der Waals surface area (Å²) < 4.78 is 56.7. The molecule has 0 saturated heterocycles. The SMILES string of the molecule is Cc1ccc(-n2c(C(C)NS(=O)(=O)c3ccc(CF)c(CF)c3)nc3ccccc3c2=O)c(C)c1. The number of nitrogens with zero attached hydrogens (tertiary/aromatic N) is 2. The maximum atomic E-state index is 13.5. The van der Waals surface area contributed by atoms with Crippen molar-refractivity contribution in [1.29, 1.82) is 0 Å². The standard InChI is InChI=1S/C26H25F2N3O3S/c1-16-8-11-24(17(2)12-16)31-25(29-23-7-5-4-6-22(23)26(31)32)18(3)30-35(33,34)21-10-9-19(14-27)20(13-21)15-28/h4-13,18,30H,14-15H2,1-3H3. The number of hydrogen-bond donors (Lipinski definition) is 1. The van der Waals surface area contributed by atoms with E-state index in [1.54, 1.807) is 37.3 Å². The molecule has 1 aromatic heterocycles. The van der Waals surface area contributed by atoms with Gasteiger partial charge in [0.1, 0.15) is 19.2 Å². The van der Waals surface area contributed by atoms with Gasteiger partial charge in [0.15, 0.2) is 0 Å². The van der Waals surface area contributed by atoms with Crippen LogP contribution in [0.15, 0.2) is 70.4 Å². The van der Waals surface area contributed by atoms with Crippen molar-refractivity contribution >= 4 is 20.9 Å². The van der Waals surface area contributed by atoms with Crippen molar-refractivity contribution in [2.75, 3.05) is 0 Å². The van der Waals surface area contributed by atoms with E-state index in [1.165, 1.54) is 16.7 Å². The summed E-state index contributed by atoms with van der Waals surface area (Å²) in [6.07, 6.45) is 0. The minimum Gasteiger partial charge on any atom is -0.268 e. The highest BCUT2D eigenvalue weighted by molar-refractivity contribution is 7.89. The van der Waals surface area contributed by atoms with Crippen molar-refractivity contribution in [2.45, 2.75) is 45.1 Å². The lowest BCUT2D eigenvalue weighted by Gasteiger charge is -2.21. The third kappa shape index (κ3) is 4.74. The predicted molar refractivity (Wildman–Crippen MR) is 132 cm³/mol. The quantitative estimate of drug-likeness (QED) is 0.391. The molecule has 0 spiro atoms. The number of hydrogen-bond acceptors (Lipinski definition) is 4. The summed E-state index contributed by atoms with van der Waals surface area (Å²) in [4.78, 5) is 18.0. The predicted octanol–water partition coefficient (Wildman–Crippen LogP) is 4.98. The maximum absolute atomic E-state index is 13.5. The van der Waals surface area contributed by atoms with Crippen LogP contribution in [0.5, 0.6) is 0 Å². The summed E-state index contributed by atoms with van der Waals surface area (Å²) >= 11 is 0. The first-order valence-electron chi connectivity index (χ1n) is 11.0. The van der Waals surface area contributed by atoms with Crippen LogP contribution in [-0.2, 0) is 23.4 Å². The molecule has 0 amide bonds. The number of halogens is 2. The summed E-state index contributed by atoms with van der Waals surface area (Å²) in [6.45, 7) is 3.51. The molecule has 0 aliphatic heterocycles. The first kappa shape index (κ1) is 24.7.